The van der Waals surface area contributed by atoms with Crippen LogP contribution in [-0.4, -0.2) is 13.2 Å². The minimum Gasteiger partial charge on any atom is -0.493 e. The molecule has 0 aliphatic carbocycles. The zero-order chi connectivity index (χ0) is 12.0. The van der Waals surface area contributed by atoms with Crippen molar-refractivity contribution in [3.05, 3.63) is 29.8 Å². The van der Waals surface area contributed by atoms with Gasteiger partial charge in [0.25, 0.3) is 0 Å². The van der Waals surface area contributed by atoms with Crippen LogP contribution in [0.5, 0.6) is 5.75 Å². The summed E-state index contributed by atoms with van der Waals surface area (Å²) in [5.74, 6) is 6.18. The fraction of sp³-hybridized carbons (Fsp3) is 0.538. The second-order valence-corrected chi connectivity index (χ2v) is 4.90. The van der Waals surface area contributed by atoms with Gasteiger partial charge in [-0.2, -0.15) is 0 Å². The first kappa shape index (κ1) is 13.0. The summed E-state index contributed by atoms with van der Waals surface area (Å²) in [6, 6.07) is 8.20. The number of hydrogen-bond acceptors (Lipinski definition) is 3. The van der Waals surface area contributed by atoms with Gasteiger partial charge in [0.2, 0.25) is 0 Å². The van der Waals surface area contributed by atoms with Gasteiger partial charge in [0.05, 0.1) is 6.61 Å². The molecule has 0 saturated carbocycles. The van der Waals surface area contributed by atoms with E-state index in [0.717, 1.165) is 18.7 Å². The molecule has 0 aromatic heterocycles. The summed E-state index contributed by atoms with van der Waals surface area (Å²) in [4.78, 5) is 0. The first-order valence-electron chi connectivity index (χ1n) is 5.71. The fourth-order valence-corrected chi connectivity index (χ4v) is 1.57. The van der Waals surface area contributed by atoms with Crippen LogP contribution in [-0.2, 0) is 5.41 Å². The minimum absolute atomic E-state index is 0.114. The van der Waals surface area contributed by atoms with Crippen LogP contribution < -0.4 is 16.0 Å². The molecule has 0 aliphatic rings. The number of benzene rings is 1. The Labute approximate surface area is 98.0 Å². The molecule has 0 bridgehead atoms. The second-order valence-electron chi connectivity index (χ2n) is 4.90. The van der Waals surface area contributed by atoms with Gasteiger partial charge in [-0.25, -0.2) is 0 Å². The normalized spacial score (nSPS) is 11.5. The SMILES string of the molecule is CC(C)(C)c1ccccc1OCCCNN. The molecule has 3 nitrogen and oxygen atoms in total. The second kappa shape index (κ2) is 5.87. The molecule has 0 radical (unpaired) electrons. The standard InChI is InChI=1S/C13H22N2O/c1-13(2,3)11-7-4-5-8-12(11)16-10-6-9-15-14/h4-5,7-8,15H,6,9-10,14H2,1-3H3. The first-order valence-corrected chi connectivity index (χ1v) is 5.71. The summed E-state index contributed by atoms with van der Waals surface area (Å²) in [5, 5.41) is 0. The molecule has 0 fully saturated rings. The molecule has 16 heavy (non-hydrogen) atoms. The maximum Gasteiger partial charge on any atom is 0.123 e. The lowest BCUT2D eigenvalue weighted by molar-refractivity contribution is 0.300. The maximum absolute atomic E-state index is 5.77. The first-order chi connectivity index (χ1) is 7.55. The molecule has 0 aliphatic heterocycles. The molecule has 0 unspecified atom stereocenters. The Morgan fingerprint density at radius 2 is 1.94 bits per heavy atom. The zero-order valence-corrected chi connectivity index (χ0v) is 10.4. The molecule has 0 heterocycles. The summed E-state index contributed by atoms with van der Waals surface area (Å²) in [6.45, 7) is 8.04. The van der Waals surface area contributed by atoms with E-state index in [1.165, 1.54) is 5.56 Å². The molecule has 3 heteroatoms. The van der Waals surface area contributed by atoms with Crippen LogP contribution in [0.2, 0.25) is 0 Å². The number of ether oxygens (including phenoxy) is 1. The average molecular weight is 222 g/mol. The monoisotopic (exact) mass is 222 g/mol. The Bertz CT molecular complexity index is 318. The predicted molar refractivity (Wildman–Crippen MR) is 67.4 cm³/mol. The van der Waals surface area contributed by atoms with Gasteiger partial charge in [-0.1, -0.05) is 39.0 Å². The highest BCUT2D eigenvalue weighted by Gasteiger charge is 2.17. The van der Waals surface area contributed by atoms with E-state index in [1.54, 1.807) is 0 Å². The lowest BCUT2D eigenvalue weighted by atomic mass is 9.86. The van der Waals surface area contributed by atoms with E-state index < -0.39 is 0 Å². The zero-order valence-electron chi connectivity index (χ0n) is 10.4. The van der Waals surface area contributed by atoms with Gasteiger partial charge < -0.3 is 4.74 Å². The molecule has 0 spiro atoms. The van der Waals surface area contributed by atoms with Crippen LogP contribution in [0, 0.1) is 0 Å². The molecule has 1 rings (SSSR count). The van der Waals surface area contributed by atoms with E-state index >= 15 is 0 Å². The van der Waals surface area contributed by atoms with Crippen molar-refractivity contribution in [3.8, 4) is 5.75 Å². The Hall–Kier alpha value is -1.06. The fourth-order valence-electron chi connectivity index (χ4n) is 1.57. The molecule has 0 saturated heterocycles. The molecular weight excluding hydrogens is 200 g/mol. The Morgan fingerprint density at radius 1 is 1.25 bits per heavy atom. The van der Waals surface area contributed by atoms with Crippen molar-refractivity contribution in [3.63, 3.8) is 0 Å². The Morgan fingerprint density at radius 3 is 2.56 bits per heavy atom. The average Bonchev–Trinajstić information content (AvgIpc) is 2.24. The van der Waals surface area contributed by atoms with Crippen molar-refractivity contribution in [2.75, 3.05) is 13.2 Å². The molecule has 1 aromatic carbocycles. The van der Waals surface area contributed by atoms with E-state index in [2.05, 4.69) is 38.3 Å². The van der Waals surface area contributed by atoms with Crippen molar-refractivity contribution in [1.82, 2.24) is 5.43 Å². The van der Waals surface area contributed by atoms with Crippen molar-refractivity contribution >= 4 is 0 Å². The third kappa shape index (κ3) is 3.83. The van der Waals surface area contributed by atoms with Crippen molar-refractivity contribution in [1.29, 1.82) is 0 Å². The lowest BCUT2D eigenvalue weighted by Gasteiger charge is -2.22. The lowest BCUT2D eigenvalue weighted by Crippen LogP contribution is -2.24. The van der Waals surface area contributed by atoms with E-state index in [4.69, 9.17) is 10.6 Å². The number of rotatable bonds is 5. The van der Waals surface area contributed by atoms with Gasteiger partial charge >= 0.3 is 0 Å². The molecule has 3 N–H and O–H groups in total. The highest BCUT2D eigenvalue weighted by molar-refractivity contribution is 5.38. The van der Waals surface area contributed by atoms with Crippen molar-refractivity contribution in [2.45, 2.75) is 32.6 Å². The summed E-state index contributed by atoms with van der Waals surface area (Å²) in [6.07, 6.45) is 0.912. The van der Waals surface area contributed by atoms with Gasteiger partial charge in [-0.05, 0) is 23.5 Å². The highest BCUT2D eigenvalue weighted by Crippen LogP contribution is 2.30. The molecular formula is C13H22N2O. The topological polar surface area (TPSA) is 47.3 Å². The summed E-state index contributed by atoms with van der Waals surface area (Å²) in [5.41, 5.74) is 3.98. The molecule has 1 aromatic rings. The third-order valence-corrected chi connectivity index (χ3v) is 2.42. The quantitative estimate of drug-likeness (QED) is 0.456. The van der Waals surface area contributed by atoms with E-state index in [9.17, 15) is 0 Å². The Kier molecular flexibility index (Phi) is 4.77. The van der Waals surface area contributed by atoms with Crippen LogP contribution in [0.4, 0.5) is 0 Å². The van der Waals surface area contributed by atoms with E-state index in [0.29, 0.717) is 6.61 Å². The van der Waals surface area contributed by atoms with Crippen LogP contribution >= 0.6 is 0 Å². The van der Waals surface area contributed by atoms with Gasteiger partial charge in [0.15, 0.2) is 0 Å². The number of nitrogens with two attached hydrogens (primary N) is 1. The largest absolute Gasteiger partial charge is 0.493 e. The smallest absolute Gasteiger partial charge is 0.123 e. The van der Waals surface area contributed by atoms with Crippen LogP contribution in [0.1, 0.15) is 32.8 Å². The summed E-state index contributed by atoms with van der Waals surface area (Å²) >= 11 is 0. The van der Waals surface area contributed by atoms with Crippen LogP contribution in [0.15, 0.2) is 24.3 Å². The molecule has 90 valence electrons. The van der Waals surface area contributed by atoms with Crippen LogP contribution in [0.3, 0.4) is 0 Å². The molecule has 0 atom stereocenters. The van der Waals surface area contributed by atoms with E-state index in [1.807, 2.05) is 12.1 Å². The Balaban J connectivity index is 2.65. The summed E-state index contributed by atoms with van der Waals surface area (Å²) in [7, 11) is 0. The maximum atomic E-state index is 5.77. The highest BCUT2D eigenvalue weighted by atomic mass is 16.5. The van der Waals surface area contributed by atoms with Gasteiger partial charge in [0, 0.05) is 6.54 Å². The van der Waals surface area contributed by atoms with Crippen molar-refractivity contribution < 1.29 is 4.74 Å². The predicted octanol–water partition coefficient (Wildman–Crippen LogP) is 2.22. The summed E-state index contributed by atoms with van der Waals surface area (Å²) < 4.78 is 5.77. The third-order valence-electron chi connectivity index (χ3n) is 2.42. The van der Waals surface area contributed by atoms with Gasteiger partial charge in [-0.3, -0.25) is 11.3 Å². The van der Waals surface area contributed by atoms with Crippen LogP contribution in [0.25, 0.3) is 0 Å². The van der Waals surface area contributed by atoms with E-state index in [-0.39, 0.29) is 5.41 Å². The van der Waals surface area contributed by atoms with Gasteiger partial charge in [0.1, 0.15) is 5.75 Å². The number of hydrazine groups is 1. The molecule has 0 amide bonds. The van der Waals surface area contributed by atoms with Gasteiger partial charge in [-0.15, -0.1) is 0 Å². The van der Waals surface area contributed by atoms with Crippen molar-refractivity contribution in [2.24, 2.45) is 5.84 Å². The number of hydrogen-bond donors (Lipinski definition) is 2. The minimum atomic E-state index is 0.114. The number of nitrogens with one attached hydrogen (secondary N) is 1. The number of para-hydroxylation sites is 1.